The lowest BCUT2D eigenvalue weighted by molar-refractivity contribution is -0.114. The van der Waals surface area contributed by atoms with Crippen LogP contribution >= 0.6 is 11.6 Å². The van der Waals surface area contributed by atoms with Crippen LogP contribution in [0, 0.1) is 0 Å². The van der Waals surface area contributed by atoms with Gasteiger partial charge in [-0.15, -0.1) is 0 Å². The third-order valence-electron chi connectivity index (χ3n) is 5.18. The lowest BCUT2D eigenvalue weighted by Crippen LogP contribution is -2.48. The van der Waals surface area contributed by atoms with Crippen LogP contribution < -0.4 is 10.1 Å². The van der Waals surface area contributed by atoms with Crippen LogP contribution in [-0.4, -0.2) is 43.2 Å². The highest BCUT2D eigenvalue weighted by molar-refractivity contribution is 6.30. The summed E-state index contributed by atoms with van der Waals surface area (Å²) in [7, 11) is 1.76. The van der Waals surface area contributed by atoms with Crippen molar-refractivity contribution in [2.45, 2.75) is 31.9 Å². The number of nitrogens with one attached hydrogen (secondary N) is 1. The Morgan fingerprint density at radius 3 is 2.50 bits per heavy atom. The van der Waals surface area contributed by atoms with E-state index >= 15 is 0 Å². The molecule has 1 aliphatic heterocycles. The quantitative estimate of drug-likeness (QED) is 0.747. The Balaban J connectivity index is 1.51. The molecule has 28 heavy (non-hydrogen) atoms. The number of likely N-dealkylation sites (tertiary alicyclic amines) is 1. The minimum absolute atomic E-state index is 0.0559. The van der Waals surface area contributed by atoms with Gasteiger partial charge in [0, 0.05) is 44.4 Å². The van der Waals surface area contributed by atoms with Gasteiger partial charge < -0.3 is 14.8 Å². The maximum atomic E-state index is 11.1. The summed E-state index contributed by atoms with van der Waals surface area (Å²) in [4.78, 5) is 13.5. The van der Waals surface area contributed by atoms with Gasteiger partial charge in [0.2, 0.25) is 5.91 Å². The summed E-state index contributed by atoms with van der Waals surface area (Å²) in [5, 5.41) is 3.46. The largest absolute Gasteiger partial charge is 0.491 e. The van der Waals surface area contributed by atoms with Crippen molar-refractivity contribution in [3.05, 3.63) is 59.1 Å². The topological polar surface area (TPSA) is 50.8 Å². The number of benzene rings is 2. The Bertz CT molecular complexity index is 787. The second-order valence-corrected chi connectivity index (χ2v) is 7.72. The molecular weight excluding hydrogens is 376 g/mol. The van der Waals surface area contributed by atoms with Gasteiger partial charge in [-0.25, -0.2) is 0 Å². The van der Waals surface area contributed by atoms with E-state index < -0.39 is 0 Å². The highest BCUT2D eigenvalue weighted by Gasteiger charge is 2.35. The monoisotopic (exact) mass is 402 g/mol. The zero-order valence-corrected chi connectivity index (χ0v) is 17.2. The van der Waals surface area contributed by atoms with Gasteiger partial charge in [0.15, 0.2) is 0 Å². The minimum atomic E-state index is -0.270. The predicted octanol–water partition coefficient (Wildman–Crippen LogP) is 4.36. The van der Waals surface area contributed by atoms with Crippen LogP contribution in [0.25, 0.3) is 0 Å². The number of halogens is 1. The fourth-order valence-electron chi connectivity index (χ4n) is 3.45. The first-order valence-corrected chi connectivity index (χ1v) is 9.88. The van der Waals surface area contributed by atoms with Crippen molar-refractivity contribution >= 4 is 23.2 Å². The zero-order valence-electron chi connectivity index (χ0n) is 16.4. The molecule has 1 aliphatic rings. The number of carbonyl (C=O) groups excluding carboxylic acids is 1. The molecule has 0 unspecified atom stereocenters. The molecule has 1 N–H and O–H groups in total. The summed E-state index contributed by atoms with van der Waals surface area (Å²) >= 11 is 6.03. The van der Waals surface area contributed by atoms with E-state index in [9.17, 15) is 4.79 Å². The van der Waals surface area contributed by atoms with Gasteiger partial charge in [-0.3, -0.25) is 9.69 Å². The summed E-state index contributed by atoms with van der Waals surface area (Å²) in [6, 6.07) is 15.5. The van der Waals surface area contributed by atoms with E-state index in [1.165, 1.54) is 12.5 Å². The van der Waals surface area contributed by atoms with Crippen LogP contribution in [0.2, 0.25) is 5.02 Å². The smallest absolute Gasteiger partial charge is 0.221 e. The number of rotatable bonds is 7. The minimum Gasteiger partial charge on any atom is -0.491 e. The predicted molar refractivity (Wildman–Crippen MR) is 112 cm³/mol. The molecule has 150 valence electrons. The number of ether oxygens (including phenoxy) is 2. The van der Waals surface area contributed by atoms with Gasteiger partial charge in [-0.2, -0.15) is 0 Å². The SMILES string of the molecule is COC1(COc2cccc(Cl)c2)CCN(Cc2ccc(NC(C)=O)cc2)CC1. The number of piperidine rings is 1. The number of carbonyl (C=O) groups is 1. The standard InChI is InChI=1S/C22H27ClN2O3/c1-17(26)24-20-8-6-18(7-9-20)15-25-12-10-22(27-2,11-13-25)16-28-21-5-3-4-19(23)14-21/h3-9,14H,10-13,15-16H2,1-2H3,(H,24,26). The van der Waals surface area contributed by atoms with Crippen molar-refractivity contribution < 1.29 is 14.3 Å². The van der Waals surface area contributed by atoms with Gasteiger partial charge >= 0.3 is 0 Å². The Hall–Kier alpha value is -2.08. The summed E-state index contributed by atoms with van der Waals surface area (Å²) in [5.74, 6) is 0.713. The van der Waals surface area contributed by atoms with Crippen LogP contribution in [0.5, 0.6) is 5.75 Å². The van der Waals surface area contributed by atoms with Crippen molar-refractivity contribution in [3.63, 3.8) is 0 Å². The first-order valence-electron chi connectivity index (χ1n) is 9.50. The normalized spacial score (nSPS) is 16.5. The molecule has 0 radical (unpaired) electrons. The Morgan fingerprint density at radius 1 is 1.18 bits per heavy atom. The van der Waals surface area contributed by atoms with E-state index in [1.807, 2.05) is 36.4 Å². The molecule has 2 aromatic carbocycles. The van der Waals surface area contributed by atoms with Gasteiger partial charge in [0.1, 0.15) is 18.0 Å². The van der Waals surface area contributed by atoms with E-state index in [2.05, 4.69) is 22.3 Å². The maximum absolute atomic E-state index is 11.1. The lowest BCUT2D eigenvalue weighted by atomic mass is 9.91. The van der Waals surface area contributed by atoms with E-state index in [4.69, 9.17) is 21.1 Å². The molecule has 0 bridgehead atoms. The molecule has 0 aliphatic carbocycles. The zero-order chi connectivity index (χ0) is 20.0. The van der Waals surface area contributed by atoms with Gasteiger partial charge in [-0.1, -0.05) is 29.8 Å². The third-order valence-corrected chi connectivity index (χ3v) is 5.41. The van der Waals surface area contributed by atoms with Crippen LogP contribution in [0.15, 0.2) is 48.5 Å². The highest BCUT2D eigenvalue weighted by Crippen LogP contribution is 2.28. The molecular formula is C22H27ClN2O3. The van der Waals surface area contributed by atoms with Crippen LogP contribution in [0.1, 0.15) is 25.3 Å². The number of methoxy groups -OCH3 is 1. The molecule has 0 saturated carbocycles. The summed E-state index contributed by atoms with van der Waals surface area (Å²) in [5.41, 5.74) is 1.79. The molecule has 0 atom stereocenters. The Morgan fingerprint density at radius 2 is 1.89 bits per heavy atom. The fourth-order valence-corrected chi connectivity index (χ4v) is 3.63. The average molecular weight is 403 g/mol. The van der Waals surface area contributed by atoms with E-state index in [-0.39, 0.29) is 11.5 Å². The molecule has 1 saturated heterocycles. The number of amides is 1. The number of nitrogens with zero attached hydrogens (tertiary/aromatic N) is 1. The van der Waals surface area contributed by atoms with Crippen molar-refractivity contribution in [1.82, 2.24) is 4.90 Å². The molecule has 1 amide bonds. The first kappa shape index (κ1) is 20.6. The number of hydrogen-bond acceptors (Lipinski definition) is 4. The molecule has 1 heterocycles. The summed E-state index contributed by atoms with van der Waals surface area (Å²) in [6.45, 7) is 4.80. The first-order chi connectivity index (χ1) is 13.5. The fraction of sp³-hybridized carbons (Fsp3) is 0.409. The molecule has 0 spiro atoms. The van der Waals surface area contributed by atoms with E-state index in [0.29, 0.717) is 11.6 Å². The van der Waals surface area contributed by atoms with Crippen molar-refractivity contribution in [1.29, 1.82) is 0 Å². The summed E-state index contributed by atoms with van der Waals surface area (Å²) in [6.07, 6.45) is 1.82. The van der Waals surface area contributed by atoms with Gasteiger partial charge in [0.25, 0.3) is 0 Å². The number of hydrogen-bond donors (Lipinski definition) is 1. The van der Waals surface area contributed by atoms with Gasteiger partial charge in [0.05, 0.1) is 0 Å². The maximum Gasteiger partial charge on any atom is 0.221 e. The van der Waals surface area contributed by atoms with Gasteiger partial charge in [-0.05, 0) is 48.7 Å². The van der Waals surface area contributed by atoms with Crippen molar-refractivity contribution in [3.8, 4) is 5.75 Å². The average Bonchev–Trinajstić information content (AvgIpc) is 2.69. The molecule has 6 heteroatoms. The molecule has 0 aromatic heterocycles. The summed E-state index contributed by atoms with van der Waals surface area (Å²) < 4.78 is 11.8. The third kappa shape index (κ3) is 5.71. The van der Waals surface area contributed by atoms with E-state index in [0.717, 1.165) is 43.9 Å². The molecule has 5 nitrogen and oxygen atoms in total. The van der Waals surface area contributed by atoms with Crippen LogP contribution in [-0.2, 0) is 16.1 Å². The van der Waals surface area contributed by atoms with Crippen LogP contribution in [0.3, 0.4) is 0 Å². The van der Waals surface area contributed by atoms with E-state index in [1.54, 1.807) is 7.11 Å². The van der Waals surface area contributed by atoms with Crippen molar-refractivity contribution in [2.75, 3.05) is 32.1 Å². The second kappa shape index (κ2) is 9.41. The highest BCUT2D eigenvalue weighted by atomic mass is 35.5. The van der Waals surface area contributed by atoms with Crippen molar-refractivity contribution in [2.24, 2.45) is 0 Å². The number of anilines is 1. The second-order valence-electron chi connectivity index (χ2n) is 7.29. The molecule has 3 rings (SSSR count). The molecule has 2 aromatic rings. The Kier molecular flexibility index (Phi) is 6.94. The van der Waals surface area contributed by atoms with Crippen LogP contribution in [0.4, 0.5) is 5.69 Å². The lowest BCUT2D eigenvalue weighted by Gasteiger charge is -2.40. The Labute approximate surface area is 171 Å². The molecule has 1 fully saturated rings.